The molecule has 0 saturated carbocycles. The van der Waals surface area contributed by atoms with Gasteiger partial charge in [-0.25, -0.2) is 5.43 Å². The predicted octanol–water partition coefficient (Wildman–Crippen LogP) is 3.88. The third-order valence-corrected chi connectivity index (χ3v) is 4.11. The van der Waals surface area contributed by atoms with Crippen LogP contribution >= 0.6 is 23.2 Å². The van der Waals surface area contributed by atoms with Crippen molar-refractivity contribution in [1.29, 1.82) is 0 Å². The van der Waals surface area contributed by atoms with Crippen molar-refractivity contribution in [2.75, 3.05) is 18.5 Å². The fourth-order valence-electron chi connectivity index (χ4n) is 2.30. The van der Waals surface area contributed by atoms with Gasteiger partial charge in [0.2, 0.25) is 11.8 Å². The molecule has 0 aliphatic heterocycles. The van der Waals surface area contributed by atoms with Crippen molar-refractivity contribution >= 4 is 46.9 Å². The van der Waals surface area contributed by atoms with Crippen molar-refractivity contribution in [2.45, 2.75) is 13.3 Å². The van der Waals surface area contributed by atoms with Gasteiger partial charge in [0.05, 0.1) is 28.6 Å². The molecule has 30 heavy (non-hydrogen) atoms. The Hall–Kier alpha value is -3.21. The summed E-state index contributed by atoms with van der Waals surface area (Å²) in [5.74, 6) is 1.96. The SMILES string of the molecule is C#CCOc1c(Cl)cc(C=NNC(=O)CC(=O)Nc2ccccc2Cl)cc1OCC. The summed E-state index contributed by atoms with van der Waals surface area (Å²) in [6.07, 6.45) is 6.14. The number of hydrogen-bond acceptors (Lipinski definition) is 5. The first kappa shape index (κ1) is 23.1. The Morgan fingerprint density at radius 1 is 1.17 bits per heavy atom. The molecule has 2 aromatic carbocycles. The van der Waals surface area contributed by atoms with Gasteiger partial charge in [-0.15, -0.1) is 6.42 Å². The van der Waals surface area contributed by atoms with Crippen LogP contribution in [0.25, 0.3) is 0 Å². The Labute approximate surface area is 184 Å². The number of ether oxygens (including phenoxy) is 2. The van der Waals surface area contributed by atoms with Gasteiger partial charge in [-0.1, -0.05) is 41.3 Å². The highest BCUT2D eigenvalue weighted by Crippen LogP contribution is 2.36. The number of hydrazone groups is 1. The number of carbonyl (C=O) groups excluding carboxylic acids is 2. The van der Waals surface area contributed by atoms with Crippen molar-refractivity contribution in [1.82, 2.24) is 5.43 Å². The Bertz CT molecular complexity index is 987. The highest BCUT2D eigenvalue weighted by atomic mass is 35.5. The van der Waals surface area contributed by atoms with Crippen LogP contribution in [0.15, 0.2) is 41.5 Å². The summed E-state index contributed by atoms with van der Waals surface area (Å²) in [5, 5.41) is 7.05. The lowest BCUT2D eigenvalue weighted by Gasteiger charge is -2.12. The molecule has 7 nitrogen and oxygen atoms in total. The number of amides is 2. The smallest absolute Gasteiger partial charge is 0.249 e. The molecule has 0 atom stereocenters. The van der Waals surface area contributed by atoms with E-state index in [1.807, 2.05) is 6.92 Å². The zero-order valence-electron chi connectivity index (χ0n) is 16.1. The van der Waals surface area contributed by atoms with Crippen LogP contribution in [-0.2, 0) is 9.59 Å². The lowest BCUT2D eigenvalue weighted by Crippen LogP contribution is -2.24. The number of hydrogen-bond donors (Lipinski definition) is 2. The minimum atomic E-state index is -0.596. The normalized spacial score (nSPS) is 10.3. The molecule has 0 fully saturated rings. The average Bonchev–Trinajstić information content (AvgIpc) is 2.69. The van der Waals surface area contributed by atoms with E-state index in [1.165, 1.54) is 6.21 Å². The van der Waals surface area contributed by atoms with Crippen LogP contribution in [0, 0.1) is 12.3 Å². The van der Waals surface area contributed by atoms with E-state index in [0.717, 1.165) is 0 Å². The summed E-state index contributed by atoms with van der Waals surface area (Å²) in [5.41, 5.74) is 3.25. The van der Waals surface area contributed by atoms with Crippen LogP contribution < -0.4 is 20.2 Å². The van der Waals surface area contributed by atoms with Gasteiger partial charge in [-0.2, -0.15) is 5.10 Å². The maximum Gasteiger partial charge on any atom is 0.249 e. The highest BCUT2D eigenvalue weighted by molar-refractivity contribution is 6.33. The number of rotatable bonds is 9. The molecule has 2 amide bonds. The lowest BCUT2D eigenvalue weighted by molar-refractivity contribution is -0.126. The van der Waals surface area contributed by atoms with Gasteiger partial charge in [-0.3, -0.25) is 9.59 Å². The molecule has 0 saturated heterocycles. The van der Waals surface area contributed by atoms with E-state index in [9.17, 15) is 9.59 Å². The molecule has 0 aromatic heterocycles. The van der Waals surface area contributed by atoms with Crippen LogP contribution in [0.1, 0.15) is 18.9 Å². The van der Waals surface area contributed by atoms with E-state index in [1.54, 1.807) is 36.4 Å². The second kappa shape index (κ2) is 11.7. The molecule has 2 N–H and O–H groups in total. The van der Waals surface area contributed by atoms with Crippen LogP contribution in [0.5, 0.6) is 11.5 Å². The van der Waals surface area contributed by atoms with Gasteiger partial charge < -0.3 is 14.8 Å². The highest BCUT2D eigenvalue weighted by Gasteiger charge is 2.13. The number of nitrogens with one attached hydrogen (secondary N) is 2. The quantitative estimate of drug-likeness (QED) is 0.264. The zero-order chi connectivity index (χ0) is 21.9. The maximum atomic E-state index is 11.9. The van der Waals surface area contributed by atoms with Crippen LogP contribution in [0.4, 0.5) is 5.69 Å². The molecule has 0 unspecified atom stereocenters. The van der Waals surface area contributed by atoms with Gasteiger partial charge in [0.15, 0.2) is 11.5 Å². The van der Waals surface area contributed by atoms with Crippen molar-refractivity contribution in [3.8, 4) is 23.8 Å². The summed E-state index contributed by atoms with van der Waals surface area (Å²) in [6, 6.07) is 9.93. The zero-order valence-corrected chi connectivity index (χ0v) is 17.6. The Kier molecular flexibility index (Phi) is 9.01. The van der Waals surface area contributed by atoms with Gasteiger partial charge in [0, 0.05) is 0 Å². The van der Waals surface area contributed by atoms with E-state index < -0.39 is 18.2 Å². The molecule has 0 heterocycles. The summed E-state index contributed by atoms with van der Waals surface area (Å²) in [7, 11) is 0. The largest absolute Gasteiger partial charge is 0.490 e. The summed E-state index contributed by atoms with van der Waals surface area (Å²) >= 11 is 12.2. The Balaban J connectivity index is 1.97. The monoisotopic (exact) mass is 447 g/mol. The van der Waals surface area contributed by atoms with Crippen molar-refractivity contribution in [2.24, 2.45) is 5.10 Å². The number of nitrogens with zero attached hydrogens (tertiary/aromatic N) is 1. The number of anilines is 1. The molecule has 0 spiro atoms. The number of halogens is 2. The van der Waals surface area contributed by atoms with E-state index in [0.29, 0.717) is 34.4 Å². The molecule has 156 valence electrons. The van der Waals surface area contributed by atoms with Crippen LogP contribution in [0.2, 0.25) is 10.0 Å². The molecule has 2 rings (SSSR count). The van der Waals surface area contributed by atoms with E-state index in [4.69, 9.17) is 39.1 Å². The van der Waals surface area contributed by atoms with Gasteiger partial charge >= 0.3 is 0 Å². The Morgan fingerprint density at radius 3 is 2.63 bits per heavy atom. The molecule has 0 aliphatic rings. The second-order valence-corrected chi connectivity index (χ2v) is 6.57. The van der Waals surface area contributed by atoms with E-state index in [-0.39, 0.29) is 11.6 Å². The standard InChI is InChI=1S/C21H19Cl2N3O4/c1-3-9-30-21-16(23)10-14(11-18(21)29-4-2)13-24-26-20(28)12-19(27)25-17-8-6-5-7-15(17)22/h1,5-8,10-11,13H,4,9,12H2,2H3,(H,25,27)(H,26,28). The first-order valence-electron chi connectivity index (χ1n) is 8.83. The third-order valence-electron chi connectivity index (χ3n) is 3.50. The number of terminal acetylenes is 1. The molecule has 9 heteroatoms. The first-order chi connectivity index (χ1) is 14.4. The predicted molar refractivity (Wildman–Crippen MR) is 117 cm³/mol. The minimum absolute atomic E-state index is 0.0412. The van der Waals surface area contributed by atoms with Gasteiger partial charge in [0.1, 0.15) is 13.0 Å². The van der Waals surface area contributed by atoms with Crippen molar-refractivity contribution in [3.05, 3.63) is 52.0 Å². The van der Waals surface area contributed by atoms with Gasteiger partial charge in [-0.05, 0) is 36.8 Å². The summed E-state index contributed by atoms with van der Waals surface area (Å²) < 4.78 is 10.9. The number of carbonyl (C=O) groups is 2. The fraction of sp³-hybridized carbons (Fsp3) is 0.190. The average molecular weight is 448 g/mol. The molecule has 2 aromatic rings. The molecular formula is C21H19Cl2N3O4. The molecular weight excluding hydrogens is 429 g/mol. The second-order valence-electron chi connectivity index (χ2n) is 5.75. The molecule has 0 bridgehead atoms. The lowest BCUT2D eigenvalue weighted by atomic mass is 10.2. The van der Waals surface area contributed by atoms with E-state index in [2.05, 4.69) is 21.8 Å². The van der Waals surface area contributed by atoms with Crippen LogP contribution in [0.3, 0.4) is 0 Å². The number of para-hydroxylation sites is 1. The summed E-state index contributed by atoms with van der Waals surface area (Å²) in [4.78, 5) is 23.9. The topological polar surface area (TPSA) is 89.0 Å². The molecule has 0 aliphatic carbocycles. The first-order valence-corrected chi connectivity index (χ1v) is 9.59. The van der Waals surface area contributed by atoms with E-state index >= 15 is 0 Å². The van der Waals surface area contributed by atoms with Gasteiger partial charge in [0.25, 0.3) is 0 Å². The molecule has 0 radical (unpaired) electrons. The third kappa shape index (κ3) is 6.99. The summed E-state index contributed by atoms with van der Waals surface area (Å²) in [6.45, 7) is 2.24. The minimum Gasteiger partial charge on any atom is -0.490 e. The van der Waals surface area contributed by atoms with Crippen molar-refractivity contribution in [3.63, 3.8) is 0 Å². The fourth-order valence-corrected chi connectivity index (χ4v) is 2.76. The number of benzene rings is 2. The maximum absolute atomic E-state index is 11.9. The van der Waals surface area contributed by atoms with Crippen LogP contribution in [-0.4, -0.2) is 31.2 Å². The van der Waals surface area contributed by atoms with Crippen molar-refractivity contribution < 1.29 is 19.1 Å². The Morgan fingerprint density at radius 2 is 1.93 bits per heavy atom.